The van der Waals surface area contributed by atoms with Gasteiger partial charge in [0.1, 0.15) is 11.9 Å². The minimum Gasteiger partial charge on any atom is -0.508 e. The fourth-order valence-electron chi connectivity index (χ4n) is 8.91. The van der Waals surface area contributed by atoms with Crippen molar-refractivity contribution in [1.29, 1.82) is 0 Å². The van der Waals surface area contributed by atoms with E-state index in [9.17, 15) is 15.0 Å². The van der Waals surface area contributed by atoms with Gasteiger partial charge in [-0.2, -0.15) is 0 Å². The molecule has 0 bridgehead atoms. The van der Waals surface area contributed by atoms with E-state index in [2.05, 4.69) is 19.1 Å². The van der Waals surface area contributed by atoms with Gasteiger partial charge in [0, 0.05) is 32.5 Å². The number of aryl methyl sites for hydroxylation is 1. The summed E-state index contributed by atoms with van der Waals surface area (Å²) in [6, 6.07) is 15.9. The Labute approximate surface area is 257 Å². The van der Waals surface area contributed by atoms with Crippen LogP contribution in [0.4, 0.5) is 4.39 Å². The second kappa shape index (κ2) is 14.6. The molecule has 2 fully saturated rings. The minimum absolute atomic E-state index is 0.139. The lowest BCUT2D eigenvalue weighted by atomic mass is 9.51. The van der Waals surface area contributed by atoms with Gasteiger partial charge in [0.05, 0.1) is 12.7 Å². The fraction of sp³-hybridized carbons (Fsp3) is 0.649. The van der Waals surface area contributed by atoms with Gasteiger partial charge in [-0.05, 0) is 103 Å². The van der Waals surface area contributed by atoms with Crippen molar-refractivity contribution in [2.24, 2.45) is 23.2 Å². The molecular weight excluding hydrogens is 541 g/mol. The predicted molar refractivity (Wildman–Crippen MR) is 169 cm³/mol. The number of aromatic hydroxyl groups is 1. The molecule has 0 aliphatic heterocycles. The lowest BCUT2D eigenvalue weighted by molar-refractivity contribution is -0.132. The first-order valence-electron chi connectivity index (χ1n) is 16.8. The highest BCUT2D eigenvalue weighted by Crippen LogP contribution is 2.63. The van der Waals surface area contributed by atoms with Crippen LogP contribution in [0.15, 0.2) is 48.5 Å². The Morgan fingerprint density at radius 2 is 1.84 bits per heavy atom. The number of methoxy groups -OCH3 is 1. The van der Waals surface area contributed by atoms with Crippen molar-refractivity contribution in [3.05, 3.63) is 65.2 Å². The highest BCUT2D eigenvalue weighted by molar-refractivity contribution is 5.76. The molecule has 2 N–H and O–H groups in total. The summed E-state index contributed by atoms with van der Waals surface area (Å²) in [6.45, 7) is 4.07. The number of aliphatic hydroxyl groups is 1. The van der Waals surface area contributed by atoms with Gasteiger partial charge in [-0.3, -0.25) is 4.79 Å². The Morgan fingerprint density at radius 1 is 1.05 bits per heavy atom. The number of rotatable bonds is 14. The van der Waals surface area contributed by atoms with E-state index in [1.54, 1.807) is 13.2 Å². The first-order valence-corrected chi connectivity index (χ1v) is 16.8. The zero-order valence-corrected chi connectivity index (χ0v) is 26.2. The third kappa shape index (κ3) is 7.28. The SMILES string of the molecule is COCCN(CCCCCC[C@@H]1Cc2cc(O)ccc2[C@@H]2[C@@H]1[C@@H]1CC[C@H](O)[C@@]1(C)C[C@@H]2F)C(=O)CCCc1ccccc1. The monoisotopic (exact) mass is 593 g/mol. The summed E-state index contributed by atoms with van der Waals surface area (Å²) in [4.78, 5) is 15.0. The number of phenols is 1. The van der Waals surface area contributed by atoms with Crippen molar-refractivity contribution in [2.75, 3.05) is 26.8 Å². The molecule has 2 saturated carbocycles. The zero-order chi connectivity index (χ0) is 30.4. The number of carbonyl (C=O) groups excluding carboxylic acids is 1. The third-order valence-corrected chi connectivity index (χ3v) is 11.1. The smallest absolute Gasteiger partial charge is 0.222 e. The van der Waals surface area contributed by atoms with E-state index < -0.39 is 12.3 Å². The summed E-state index contributed by atoms with van der Waals surface area (Å²) in [5, 5.41) is 21.1. The van der Waals surface area contributed by atoms with Crippen LogP contribution in [0.25, 0.3) is 0 Å². The molecule has 3 aliphatic rings. The molecular formula is C37H52FNO4. The molecule has 5 rings (SSSR count). The molecule has 5 nitrogen and oxygen atoms in total. The van der Waals surface area contributed by atoms with E-state index in [1.807, 2.05) is 35.2 Å². The number of fused-ring (bicyclic) bond motifs is 5. The van der Waals surface area contributed by atoms with Crippen LogP contribution < -0.4 is 0 Å². The summed E-state index contributed by atoms with van der Waals surface area (Å²) in [7, 11) is 1.68. The van der Waals surface area contributed by atoms with Crippen LogP contribution in [0.1, 0.15) is 93.7 Å². The fourth-order valence-corrected chi connectivity index (χ4v) is 8.91. The molecule has 7 atom stereocenters. The first-order chi connectivity index (χ1) is 20.8. The number of halogens is 1. The van der Waals surface area contributed by atoms with Crippen molar-refractivity contribution in [2.45, 2.75) is 102 Å². The third-order valence-electron chi connectivity index (χ3n) is 11.1. The number of ether oxygens (including phenoxy) is 1. The maximum atomic E-state index is 16.0. The first kappa shape index (κ1) is 32.0. The Hall–Kier alpha value is -2.44. The predicted octanol–water partition coefficient (Wildman–Crippen LogP) is 7.23. The molecule has 2 aromatic rings. The number of hydrogen-bond acceptors (Lipinski definition) is 4. The molecule has 0 aromatic heterocycles. The highest BCUT2D eigenvalue weighted by Gasteiger charge is 2.59. The van der Waals surface area contributed by atoms with Gasteiger partial charge in [-0.1, -0.05) is 62.6 Å². The Balaban J connectivity index is 1.13. The number of carbonyl (C=O) groups is 1. The summed E-state index contributed by atoms with van der Waals surface area (Å²) in [6.07, 6.45) is 9.25. The Kier molecular flexibility index (Phi) is 10.8. The molecule has 0 saturated heterocycles. The van der Waals surface area contributed by atoms with Gasteiger partial charge in [0.2, 0.25) is 5.91 Å². The van der Waals surface area contributed by atoms with Gasteiger partial charge in [-0.15, -0.1) is 0 Å². The maximum Gasteiger partial charge on any atom is 0.222 e. The molecule has 236 valence electrons. The van der Waals surface area contributed by atoms with Gasteiger partial charge < -0.3 is 19.8 Å². The van der Waals surface area contributed by atoms with E-state index >= 15 is 4.39 Å². The van der Waals surface area contributed by atoms with Crippen LogP contribution in [-0.2, 0) is 22.4 Å². The number of hydrogen-bond donors (Lipinski definition) is 2. The van der Waals surface area contributed by atoms with Crippen molar-refractivity contribution >= 4 is 5.91 Å². The summed E-state index contributed by atoms with van der Waals surface area (Å²) >= 11 is 0. The molecule has 0 radical (unpaired) electrons. The minimum atomic E-state index is -0.964. The topological polar surface area (TPSA) is 70.0 Å². The standard InChI is InChI=1S/C37H52FNO4/c1-37-25-32(38)36-30-17-16-29(40)24-28(30)23-27(35(36)31(37)18-19-33(37)41)14-8-3-4-9-20-39(21-22-43-2)34(42)15-10-13-26-11-6-5-7-12-26/h5-7,11-12,16-17,24,27,31-33,35-36,40-41H,3-4,8-10,13-15,18-23,25H2,1-2H3/t27-,31+,32+,33+,35+,36+,37+/m1/s1. The summed E-state index contributed by atoms with van der Waals surface area (Å²) in [5.41, 5.74) is 3.12. The molecule has 1 amide bonds. The van der Waals surface area contributed by atoms with Crippen molar-refractivity contribution in [3.8, 4) is 5.75 Å². The Morgan fingerprint density at radius 3 is 2.63 bits per heavy atom. The molecule has 0 heterocycles. The van der Waals surface area contributed by atoms with Crippen molar-refractivity contribution in [3.63, 3.8) is 0 Å². The van der Waals surface area contributed by atoms with Gasteiger partial charge in [0.15, 0.2) is 0 Å². The largest absolute Gasteiger partial charge is 0.508 e. The summed E-state index contributed by atoms with van der Waals surface area (Å²) in [5.74, 6) is 1.27. The Bertz CT molecular complexity index is 1190. The number of amides is 1. The molecule has 0 spiro atoms. The number of phenolic OH excluding ortho intramolecular Hbond substituents is 1. The number of benzene rings is 2. The normalized spacial score (nSPS) is 29.5. The lowest BCUT2D eigenvalue weighted by Crippen LogP contribution is -2.51. The van der Waals surface area contributed by atoms with Crippen LogP contribution >= 0.6 is 0 Å². The van der Waals surface area contributed by atoms with Crippen molar-refractivity contribution < 1.29 is 24.1 Å². The number of nitrogens with zero attached hydrogens (tertiary/aromatic N) is 1. The average molecular weight is 594 g/mol. The van der Waals surface area contributed by atoms with Crippen molar-refractivity contribution in [1.82, 2.24) is 4.90 Å². The second-order valence-corrected chi connectivity index (χ2v) is 13.8. The molecule has 2 aromatic carbocycles. The number of unbranched alkanes of at least 4 members (excludes halogenated alkanes) is 3. The molecule has 43 heavy (non-hydrogen) atoms. The van der Waals surface area contributed by atoms with E-state index in [0.29, 0.717) is 37.8 Å². The molecule has 3 aliphatic carbocycles. The van der Waals surface area contributed by atoms with Crippen LogP contribution in [-0.4, -0.2) is 60.1 Å². The van der Waals surface area contributed by atoms with E-state index in [1.165, 1.54) is 5.56 Å². The highest BCUT2D eigenvalue weighted by atomic mass is 19.1. The summed E-state index contributed by atoms with van der Waals surface area (Å²) < 4.78 is 21.3. The van der Waals surface area contributed by atoms with Crippen LogP contribution in [0, 0.1) is 23.2 Å². The van der Waals surface area contributed by atoms with Gasteiger partial charge in [0.25, 0.3) is 0 Å². The van der Waals surface area contributed by atoms with E-state index in [-0.39, 0.29) is 28.9 Å². The van der Waals surface area contributed by atoms with Gasteiger partial charge in [-0.25, -0.2) is 4.39 Å². The lowest BCUT2D eigenvalue weighted by Gasteiger charge is -2.54. The van der Waals surface area contributed by atoms with Gasteiger partial charge >= 0.3 is 0 Å². The second-order valence-electron chi connectivity index (χ2n) is 13.8. The number of aliphatic hydroxyl groups excluding tert-OH is 1. The average Bonchev–Trinajstić information content (AvgIpc) is 3.29. The van der Waals surface area contributed by atoms with Crippen LogP contribution in [0.3, 0.4) is 0 Å². The quantitative estimate of drug-likeness (QED) is 0.227. The molecule has 0 unspecified atom stereocenters. The van der Waals surface area contributed by atoms with Crippen LogP contribution in [0.5, 0.6) is 5.75 Å². The van der Waals surface area contributed by atoms with E-state index in [4.69, 9.17) is 4.74 Å². The zero-order valence-electron chi connectivity index (χ0n) is 26.2. The maximum absolute atomic E-state index is 16.0. The number of alkyl halides is 1. The van der Waals surface area contributed by atoms with Crippen LogP contribution in [0.2, 0.25) is 0 Å². The molecule has 6 heteroatoms. The van der Waals surface area contributed by atoms with E-state index in [0.717, 1.165) is 81.9 Å².